The van der Waals surface area contributed by atoms with Gasteiger partial charge in [0.2, 0.25) is 0 Å². The topological polar surface area (TPSA) is 45.1 Å². The largest absolute Gasteiger partial charge is 0.465 e. The maximum Gasteiger partial charge on any atom is 0.118 e. The van der Waals surface area contributed by atoms with Crippen molar-refractivity contribution in [3.05, 3.63) is 70.4 Å². The van der Waals surface area contributed by atoms with Crippen LogP contribution < -0.4 is 0 Å². The fraction of sp³-hybridized carbons (Fsp3) is 0.350. The van der Waals surface area contributed by atoms with Gasteiger partial charge in [0.15, 0.2) is 0 Å². The maximum absolute atomic E-state index is 5.85. The first-order valence-electron chi connectivity index (χ1n) is 8.70. The van der Waals surface area contributed by atoms with Crippen molar-refractivity contribution in [1.29, 1.82) is 0 Å². The summed E-state index contributed by atoms with van der Waals surface area (Å²) in [5.41, 5.74) is 5.08. The SMILES string of the molecule is Cc1cc(CN2CCc3[nH]nc(CSc4ccccc4)c3C2)oc1C. The van der Waals surface area contributed by atoms with Crippen molar-refractivity contribution in [2.75, 3.05) is 6.54 Å². The van der Waals surface area contributed by atoms with E-state index in [0.29, 0.717) is 0 Å². The molecule has 0 saturated carbocycles. The summed E-state index contributed by atoms with van der Waals surface area (Å²) in [4.78, 5) is 3.74. The Balaban J connectivity index is 1.44. The third-order valence-corrected chi connectivity index (χ3v) is 5.84. The predicted octanol–water partition coefficient (Wildman–Crippen LogP) is 4.47. The summed E-state index contributed by atoms with van der Waals surface area (Å²) in [5.74, 6) is 2.99. The molecule has 1 aliphatic rings. The second-order valence-electron chi connectivity index (χ2n) is 6.64. The molecule has 4 nitrogen and oxygen atoms in total. The van der Waals surface area contributed by atoms with Gasteiger partial charge < -0.3 is 4.42 Å². The van der Waals surface area contributed by atoms with Gasteiger partial charge in [-0.15, -0.1) is 11.8 Å². The molecule has 1 aliphatic heterocycles. The Labute approximate surface area is 152 Å². The van der Waals surface area contributed by atoms with Gasteiger partial charge >= 0.3 is 0 Å². The standard InChI is InChI=1S/C20H23N3OS/c1-14-10-16(24-15(14)2)11-23-9-8-19-18(12-23)20(22-21-19)13-25-17-6-4-3-5-7-17/h3-7,10H,8-9,11-13H2,1-2H3,(H,21,22). The zero-order chi connectivity index (χ0) is 17.2. The monoisotopic (exact) mass is 353 g/mol. The minimum atomic E-state index is 0.866. The number of fused-ring (bicyclic) bond motifs is 1. The Bertz CT molecular complexity index is 834. The molecule has 3 aromatic rings. The van der Waals surface area contributed by atoms with E-state index in [9.17, 15) is 0 Å². The molecule has 0 spiro atoms. The number of nitrogens with one attached hydrogen (secondary N) is 1. The smallest absolute Gasteiger partial charge is 0.118 e. The van der Waals surface area contributed by atoms with Gasteiger partial charge in [-0.3, -0.25) is 10.00 Å². The van der Waals surface area contributed by atoms with E-state index in [4.69, 9.17) is 4.42 Å². The van der Waals surface area contributed by atoms with E-state index in [1.54, 1.807) is 0 Å². The second kappa shape index (κ2) is 7.10. The highest BCUT2D eigenvalue weighted by Crippen LogP contribution is 2.28. The number of thioether (sulfide) groups is 1. The average molecular weight is 353 g/mol. The first kappa shape index (κ1) is 16.5. The number of furan rings is 1. The van der Waals surface area contributed by atoms with Crippen molar-refractivity contribution in [2.45, 2.75) is 44.0 Å². The predicted molar refractivity (Wildman–Crippen MR) is 101 cm³/mol. The van der Waals surface area contributed by atoms with Gasteiger partial charge in [-0.05, 0) is 37.6 Å². The number of aromatic amines is 1. The Morgan fingerprint density at radius 1 is 1.24 bits per heavy atom. The van der Waals surface area contributed by atoms with Crippen LogP contribution in [0.4, 0.5) is 0 Å². The van der Waals surface area contributed by atoms with Crippen molar-refractivity contribution in [2.24, 2.45) is 0 Å². The van der Waals surface area contributed by atoms with Gasteiger partial charge in [0, 0.05) is 41.4 Å². The summed E-state index contributed by atoms with van der Waals surface area (Å²) in [7, 11) is 0. The van der Waals surface area contributed by atoms with Crippen LogP contribution in [0.25, 0.3) is 0 Å². The van der Waals surface area contributed by atoms with Gasteiger partial charge in [0.25, 0.3) is 0 Å². The minimum Gasteiger partial charge on any atom is -0.465 e. The Morgan fingerprint density at radius 3 is 2.84 bits per heavy atom. The van der Waals surface area contributed by atoms with Crippen molar-refractivity contribution in [1.82, 2.24) is 15.1 Å². The van der Waals surface area contributed by atoms with E-state index in [0.717, 1.165) is 43.3 Å². The van der Waals surface area contributed by atoms with E-state index in [1.807, 2.05) is 18.7 Å². The van der Waals surface area contributed by atoms with Crippen LogP contribution in [0.3, 0.4) is 0 Å². The number of hydrogen-bond donors (Lipinski definition) is 1. The molecule has 0 fully saturated rings. The molecule has 3 heterocycles. The van der Waals surface area contributed by atoms with E-state index in [1.165, 1.54) is 27.4 Å². The lowest BCUT2D eigenvalue weighted by Gasteiger charge is -2.26. The highest BCUT2D eigenvalue weighted by atomic mass is 32.2. The third kappa shape index (κ3) is 3.67. The molecular weight excluding hydrogens is 330 g/mol. The van der Waals surface area contributed by atoms with Gasteiger partial charge in [-0.2, -0.15) is 5.10 Å². The van der Waals surface area contributed by atoms with E-state index in [2.05, 4.69) is 58.4 Å². The van der Waals surface area contributed by atoms with E-state index < -0.39 is 0 Å². The minimum absolute atomic E-state index is 0.866. The van der Waals surface area contributed by atoms with Gasteiger partial charge in [0.1, 0.15) is 11.5 Å². The molecule has 0 saturated heterocycles. The van der Waals surface area contributed by atoms with Crippen molar-refractivity contribution in [3.63, 3.8) is 0 Å². The highest BCUT2D eigenvalue weighted by Gasteiger charge is 2.23. The van der Waals surface area contributed by atoms with Crippen LogP contribution in [0, 0.1) is 13.8 Å². The van der Waals surface area contributed by atoms with Gasteiger partial charge in [-0.25, -0.2) is 0 Å². The van der Waals surface area contributed by atoms with E-state index >= 15 is 0 Å². The van der Waals surface area contributed by atoms with Crippen LogP contribution >= 0.6 is 11.8 Å². The first-order chi connectivity index (χ1) is 12.2. The van der Waals surface area contributed by atoms with Crippen LogP contribution in [-0.2, 0) is 25.3 Å². The molecule has 1 aromatic carbocycles. The lowest BCUT2D eigenvalue weighted by Crippen LogP contribution is -2.30. The Kier molecular flexibility index (Phi) is 4.68. The normalized spacial score (nSPS) is 14.6. The van der Waals surface area contributed by atoms with Crippen LogP contribution in [0.2, 0.25) is 0 Å². The molecule has 0 radical (unpaired) electrons. The number of aromatic nitrogens is 2. The number of nitrogens with zero attached hydrogens (tertiary/aromatic N) is 2. The zero-order valence-corrected chi connectivity index (χ0v) is 15.5. The maximum atomic E-state index is 5.85. The molecule has 0 aliphatic carbocycles. The highest BCUT2D eigenvalue weighted by molar-refractivity contribution is 7.98. The van der Waals surface area contributed by atoms with E-state index in [-0.39, 0.29) is 0 Å². The second-order valence-corrected chi connectivity index (χ2v) is 7.69. The van der Waals surface area contributed by atoms with Crippen LogP contribution in [0.15, 0.2) is 45.7 Å². The molecule has 0 bridgehead atoms. The summed E-state index contributed by atoms with van der Waals surface area (Å²) in [6, 6.07) is 12.7. The first-order valence-corrected chi connectivity index (χ1v) is 9.68. The number of rotatable bonds is 5. The molecule has 4 rings (SSSR count). The zero-order valence-electron chi connectivity index (χ0n) is 14.7. The van der Waals surface area contributed by atoms with Gasteiger partial charge in [-0.1, -0.05) is 18.2 Å². The quantitative estimate of drug-likeness (QED) is 0.688. The lowest BCUT2D eigenvalue weighted by molar-refractivity contribution is 0.223. The average Bonchev–Trinajstić information content (AvgIpc) is 3.17. The van der Waals surface area contributed by atoms with Crippen LogP contribution in [-0.4, -0.2) is 21.6 Å². The molecular formula is C20H23N3OS. The van der Waals surface area contributed by atoms with Crippen molar-refractivity contribution >= 4 is 11.8 Å². The summed E-state index contributed by atoms with van der Waals surface area (Å²) in [6.07, 6.45) is 1.02. The molecule has 2 aromatic heterocycles. The fourth-order valence-corrected chi connectivity index (χ4v) is 4.17. The number of hydrogen-bond acceptors (Lipinski definition) is 4. The summed E-state index contributed by atoms with van der Waals surface area (Å²) < 4.78 is 5.85. The number of aryl methyl sites for hydroxylation is 2. The van der Waals surface area contributed by atoms with Crippen LogP contribution in [0.1, 0.15) is 34.0 Å². The Hall–Kier alpha value is -1.98. The van der Waals surface area contributed by atoms with Gasteiger partial charge in [0.05, 0.1) is 12.2 Å². The van der Waals surface area contributed by atoms with Crippen molar-refractivity contribution < 1.29 is 4.42 Å². The fourth-order valence-electron chi connectivity index (χ4n) is 3.28. The van der Waals surface area contributed by atoms with Crippen LogP contribution in [0.5, 0.6) is 0 Å². The summed E-state index contributed by atoms with van der Waals surface area (Å²) in [6.45, 7) is 6.98. The molecule has 0 amide bonds. The summed E-state index contributed by atoms with van der Waals surface area (Å²) >= 11 is 1.84. The molecule has 0 atom stereocenters. The Morgan fingerprint density at radius 2 is 2.08 bits per heavy atom. The molecule has 5 heteroatoms. The molecule has 1 N–H and O–H groups in total. The third-order valence-electron chi connectivity index (χ3n) is 4.81. The summed E-state index contributed by atoms with van der Waals surface area (Å²) in [5, 5.41) is 7.82. The number of benzene rings is 1. The number of H-pyrrole nitrogens is 1. The molecule has 0 unspecified atom stereocenters. The lowest BCUT2D eigenvalue weighted by atomic mass is 10.1. The molecule has 130 valence electrons. The molecule has 25 heavy (non-hydrogen) atoms. The van der Waals surface area contributed by atoms with Crippen molar-refractivity contribution in [3.8, 4) is 0 Å².